The smallest absolute Gasteiger partial charge is 0.278 e. The van der Waals surface area contributed by atoms with Gasteiger partial charge in [-0.2, -0.15) is 5.10 Å². The Balaban J connectivity index is 1.54. The van der Waals surface area contributed by atoms with Gasteiger partial charge >= 0.3 is 5.69 Å². The SMILES string of the molecule is Cn1nc(Cc2ccccc2F)n(CC2CCC3(CC2)CC3)c1=O. The molecular formula is C19H24FN3O. The van der Waals surface area contributed by atoms with E-state index >= 15 is 0 Å². The zero-order valence-corrected chi connectivity index (χ0v) is 14.2. The van der Waals surface area contributed by atoms with Gasteiger partial charge in [0.15, 0.2) is 0 Å². The molecule has 4 rings (SSSR count). The highest BCUT2D eigenvalue weighted by molar-refractivity contribution is 5.21. The second-order valence-corrected chi connectivity index (χ2v) is 7.64. The number of aryl methyl sites for hydroxylation is 1. The van der Waals surface area contributed by atoms with E-state index in [0.717, 1.165) is 0 Å². The minimum Gasteiger partial charge on any atom is -0.278 e. The Hall–Kier alpha value is -1.91. The van der Waals surface area contributed by atoms with E-state index in [-0.39, 0.29) is 11.5 Å². The standard InChI is InChI=1S/C19H24FN3O/c1-22-18(24)23(13-14-6-8-19(9-7-14)10-11-19)17(21-22)12-15-4-2-3-5-16(15)20/h2-5,14H,6-13H2,1H3. The lowest BCUT2D eigenvalue weighted by Crippen LogP contribution is -2.28. The number of benzene rings is 1. The number of hydrogen-bond donors (Lipinski definition) is 0. The maximum atomic E-state index is 13.9. The highest BCUT2D eigenvalue weighted by Gasteiger charge is 2.44. The quantitative estimate of drug-likeness (QED) is 0.863. The summed E-state index contributed by atoms with van der Waals surface area (Å²) in [5.41, 5.74) is 1.16. The van der Waals surface area contributed by atoms with Gasteiger partial charge < -0.3 is 0 Å². The molecule has 0 bridgehead atoms. The summed E-state index contributed by atoms with van der Waals surface area (Å²) in [6.07, 6.45) is 8.14. The minimum atomic E-state index is -0.240. The van der Waals surface area contributed by atoms with Gasteiger partial charge in [0.2, 0.25) is 0 Å². The van der Waals surface area contributed by atoms with Crippen LogP contribution in [0.5, 0.6) is 0 Å². The second kappa shape index (κ2) is 5.87. The Bertz CT molecular complexity index is 793. The fraction of sp³-hybridized carbons (Fsp3) is 0.579. The Kier molecular flexibility index (Phi) is 3.82. The van der Waals surface area contributed by atoms with E-state index in [1.54, 1.807) is 23.7 Å². The van der Waals surface area contributed by atoms with Crippen molar-refractivity contribution in [1.82, 2.24) is 14.3 Å². The summed E-state index contributed by atoms with van der Waals surface area (Å²) in [7, 11) is 1.67. The molecule has 0 atom stereocenters. The lowest BCUT2D eigenvalue weighted by atomic mass is 9.80. The van der Waals surface area contributed by atoms with Crippen molar-refractivity contribution >= 4 is 0 Å². The van der Waals surface area contributed by atoms with Crippen molar-refractivity contribution in [2.75, 3.05) is 0 Å². The maximum Gasteiger partial charge on any atom is 0.345 e. The van der Waals surface area contributed by atoms with Crippen LogP contribution in [0.3, 0.4) is 0 Å². The van der Waals surface area contributed by atoms with Gasteiger partial charge in [-0.15, -0.1) is 0 Å². The fourth-order valence-electron chi connectivity index (χ4n) is 4.09. The van der Waals surface area contributed by atoms with Crippen molar-refractivity contribution in [2.24, 2.45) is 18.4 Å². The molecule has 2 aliphatic carbocycles. The van der Waals surface area contributed by atoms with Crippen LogP contribution in [-0.4, -0.2) is 14.3 Å². The summed E-state index contributed by atoms with van der Waals surface area (Å²) in [5.74, 6) is 0.965. The molecule has 1 heterocycles. The number of halogens is 1. The lowest BCUT2D eigenvalue weighted by Gasteiger charge is -2.28. The van der Waals surface area contributed by atoms with Crippen LogP contribution in [0.15, 0.2) is 29.1 Å². The van der Waals surface area contributed by atoms with Gasteiger partial charge in [0.1, 0.15) is 11.6 Å². The summed E-state index contributed by atoms with van der Waals surface area (Å²) in [6.45, 7) is 0.715. The number of rotatable bonds is 4. The Morgan fingerprint density at radius 1 is 1.21 bits per heavy atom. The Morgan fingerprint density at radius 2 is 1.92 bits per heavy atom. The molecule has 128 valence electrons. The van der Waals surface area contributed by atoms with E-state index in [1.807, 2.05) is 6.07 Å². The van der Waals surface area contributed by atoms with Gasteiger partial charge in [0, 0.05) is 20.0 Å². The highest BCUT2D eigenvalue weighted by Crippen LogP contribution is 2.57. The van der Waals surface area contributed by atoms with E-state index in [4.69, 9.17) is 0 Å². The lowest BCUT2D eigenvalue weighted by molar-refractivity contribution is 0.233. The average molecular weight is 329 g/mol. The highest BCUT2D eigenvalue weighted by atomic mass is 19.1. The van der Waals surface area contributed by atoms with Crippen LogP contribution in [0.2, 0.25) is 0 Å². The predicted molar refractivity (Wildman–Crippen MR) is 90.3 cm³/mol. The molecule has 0 amide bonds. The molecule has 1 aromatic carbocycles. The molecule has 2 saturated carbocycles. The molecular weight excluding hydrogens is 305 g/mol. The van der Waals surface area contributed by atoms with Gasteiger partial charge in [-0.3, -0.25) is 4.57 Å². The summed E-state index contributed by atoms with van der Waals surface area (Å²) >= 11 is 0. The van der Waals surface area contributed by atoms with Crippen LogP contribution in [0.4, 0.5) is 4.39 Å². The molecule has 4 nitrogen and oxygen atoms in total. The van der Waals surface area contributed by atoms with Crippen molar-refractivity contribution in [1.29, 1.82) is 0 Å². The van der Waals surface area contributed by atoms with Crippen molar-refractivity contribution in [3.63, 3.8) is 0 Å². The molecule has 0 saturated heterocycles. The van der Waals surface area contributed by atoms with Crippen LogP contribution in [-0.2, 0) is 20.0 Å². The average Bonchev–Trinajstić information content (AvgIpc) is 3.29. The molecule has 24 heavy (non-hydrogen) atoms. The van der Waals surface area contributed by atoms with Crippen LogP contribution >= 0.6 is 0 Å². The first-order valence-electron chi connectivity index (χ1n) is 8.92. The third-order valence-corrected chi connectivity index (χ3v) is 5.95. The van der Waals surface area contributed by atoms with E-state index in [1.165, 1.54) is 49.3 Å². The third kappa shape index (κ3) is 2.92. The molecule has 1 spiro atoms. The minimum absolute atomic E-state index is 0.0898. The molecule has 2 aliphatic rings. The number of nitrogens with zero attached hydrogens (tertiary/aromatic N) is 3. The van der Waals surface area contributed by atoms with E-state index < -0.39 is 0 Å². The van der Waals surface area contributed by atoms with Gasteiger partial charge in [-0.1, -0.05) is 18.2 Å². The molecule has 1 aromatic heterocycles. The molecule has 2 aromatic rings. The van der Waals surface area contributed by atoms with E-state index in [9.17, 15) is 9.18 Å². The summed E-state index contributed by atoms with van der Waals surface area (Å²) < 4.78 is 17.1. The van der Waals surface area contributed by atoms with Gasteiger partial charge in [-0.05, 0) is 61.5 Å². The molecule has 2 fully saturated rings. The topological polar surface area (TPSA) is 39.8 Å². The first-order chi connectivity index (χ1) is 11.6. The second-order valence-electron chi connectivity index (χ2n) is 7.64. The largest absolute Gasteiger partial charge is 0.345 e. The van der Waals surface area contributed by atoms with Crippen molar-refractivity contribution < 1.29 is 4.39 Å². The van der Waals surface area contributed by atoms with Gasteiger partial charge in [0.25, 0.3) is 0 Å². The van der Waals surface area contributed by atoms with Gasteiger partial charge in [0.05, 0.1) is 0 Å². The molecule has 0 unspecified atom stereocenters. The molecule has 0 radical (unpaired) electrons. The summed E-state index contributed by atoms with van der Waals surface area (Å²) in [6, 6.07) is 6.72. The first-order valence-corrected chi connectivity index (χ1v) is 8.92. The van der Waals surface area contributed by atoms with E-state index in [0.29, 0.717) is 35.7 Å². The van der Waals surface area contributed by atoms with Crippen LogP contribution < -0.4 is 5.69 Å². The van der Waals surface area contributed by atoms with E-state index in [2.05, 4.69) is 5.10 Å². The normalized spacial score (nSPS) is 19.8. The third-order valence-electron chi connectivity index (χ3n) is 5.95. The Labute approximate surface area is 141 Å². The monoisotopic (exact) mass is 329 g/mol. The molecule has 5 heteroatoms. The van der Waals surface area contributed by atoms with Gasteiger partial charge in [-0.25, -0.2) is 13.9 Å². The predicted octanol–water partition coefficient (Wildman–Crippen LogP) is 3.28. The first kappa shape index (κ1) is 15.6. The maximum absolute atomic E-state index is 13.9. The molecule has 0 aliphatic heterocycles. The Morgan fingerprint density at radius 3 is 2.58 bits per heavy atom. The summed E-state index contributed by atoms with van der Waals surface area (Å²) in [5, 5.41) is 4.35. The number of hydrogen-bond acceptors (Lipinski definition) is 2. The van der Waals surface area contributed by atoms with Crippen LogP contribution in [0.25, 0.3) is 0 Å². The fourth-order valence-corrected chi connectivity index (χ4v) is 4.09. The number of aromatic nitrogens is 3. The van der Waals surface area contributed by atoms with Crippen molar-refractivity contribution in [2.45, 2.75) is 51.5 Å². The molecule has 0 N–H and O–H groups in total. The van der Waals surface area contributed by atoms with Crippen LogP contribution in [0, 0.1) is 17.2 Å². The van der Waals surface area contributed by atoms with Crippen molar-refractivity contribution in [3.05, 3.63) is 52.0 Å². The van der Waals surface area contributed by atoms with Crippen LogP contribution in [0.1, 0.15) is 49.9 Å². The van der Waals surface area contributed by atoms with Crippen molar-refractivity contribution in [3.8, 4) is 0 Å². The zero-order valence-electron chi connectivity index (χ0n) is 14.2. The zero-order chi connectivity index (χ0) is 16.7. The summed E-state index contributed by atoms with van der Waals surface area (Å²) in [4.78, 5) is 12.4.